The fourth-order valence-corrected chi connectivity index (χ4v) is 2.62. The highest BCUT2D eigenvalue weighted by molar-refractivity contribution is 6.31. The van der Waals surface area contributed by atoms with Gasteiger partial charge < -0.3 is 14.8 Å². The Morgan fingerprint density at radius 2 is 1.94 bits per heavy atom. The van der Waals surface area contributed by atoms with E-state index in [1.807, 2.05) is 12.1 Å². The van der Waals surface area contributed by atoms with E-state index in [0.717, 1.165) is 36.0 Å². The van der Waals surface area contributed by atoms with Crippen molar-refractivity contribution in [3.8, 4) is 11.5 Å². The van der Waals surface area contributed by atoms with Crippen LogP contribution < -0.4 is 14.8 Å². The van der Waals surface area contributed by atoms with Gasteiger partial charge in [0, 0.05) is 17.6 Å². The van der Waals surface area contributed by atoms with Crippen molar-refractivity contribution in [1.29, 1.82) is 0 Å². The van der Waals surface area contributed by atoms with Gasteiger partial charge >= 0.3 is 0 Å². The second-order valence-electron chi connectivity index (χ2n) is 4.21. The summed E-state index contributed by atoms with van der Waals surface area (Å²) in [6.45, 7) is 3.29. The highest BCUT2D eigenvalue weighted by Crippen LogP contribution is 2.39. The smallest absolute Gasteiger partial charge is 0.162 e. The fourth-order valence-electron chi connectivity index (χ4n) is 2.31. The van der Waals surface area contributed by atoms with Gasteiger partial charge in [-0.15, -0.1) is 0 Å². The number of ether oxygens (including phenoxy) is 2. The quantitative estimate of drug-likeness (QED) is 0.815. The fraction of sp³-hybridized carbons (Fsp3) is 0.500. The molecule has 0 spiro atoms. The van der Waals surface area contributed by atoms with Crippen molar-refractivity contribution in [3.63, 3.8) is 0 Å². The molecular formula is C12H14ClNO2. The summed E-state index contributed by atoms with van der Waals surface area (Å²) in [7, 11) is 0. The van der Waals surface area contributed by atoms with Gasteiger partial charge in [-0.05, 0) is 30.5 Å². The molecule has 0 bridgehead atoms. The zero-order valence-corrected chi connectivity index (χ0v) is 9.72. The largest absolute Gasteiger partial charge is 0.486 e. The maximum Gasteiger partial charge on any atom is 0.162 e. The summed E-state index contributed by atoms with van der Waals surface area (Å²) < 4.78 is 11.1. The Morgan fingerprint density at radius 3 is 2.62 bits per heavy atom. The summed E-state index contributed by atoms with van der Waals surface area (Å²) in [6.07, 6.45) is 1.14. The molecule has 4 heteroatoms. The van der Waals surface area contributed by atoms with Crippen molar-refractivity contribution in [2.75, 3.05) is 26.3 Å². The van der Waals surface area contributed by atoms with Gasteiger partial charge in [0.1, 0.15) is 13.2 Å². The van der Waals surface area contributed by atoms with Crippen LogP contribution in [-0.2, 0) is 0 Å². The zero-order chi connectivity index (χ0) is 11.0. The maximum atomic E-state index is 6.28. The molecule has 0 radical (unpaired) electrons. The molecule has 1 unspecified atom stereocenters. The molecule has 2 aliphatic rings. The van der Waals surface area contributed by atoms with Gasteiger partial charge in [-0.3, -0.25) is 0 Å². The molecule has 3 nitrogen and oxygen atoms in total. The van der Waals surface area contributed by atoms with E-state index < -0.39 is 0 Å². The van der Waals surface area contributed by atoms with Gasteiger partial charge in [-0.25, -0.2) is 0 Å². The normalized spacial score (nSPS) is 23.4. The second-order valence-corrected chi connectivity index (χ2v) is 4.61. The Kier molecular flexibility index (Phi) is 2.65. The Labute approximate surface area is 99.7 Å². The molecule has 1 fully saturated rings. The monoisotopic (exact) mass is 239 g/mol. The van der Waals surface area contributed by atoms with Crippen LogP contribution in [0, 0.1) is 0 Å². The minimum Gasteiger partial charge on any atom is -0.486 e. The van der Waals surface area contributed by atoms with Gasteiger partial charge in [-0.2, -0.15) is 0 Å². The van der Waals surface area contributed by atoms with E-state index in [-0.39, 0.29) is 0 Å². The zero-order valence-electron chi connectivity index (χ0n) is 8.96. The van der Waals surface area contributed by atoms with Gasteiger partial charge in [0.05, 0.1) is 0 Å². The molecule has 1 atom stereocenters. The number of rotatable bonds is 1. The first-order valence-electron chi connectivity index (χ1n) is 5.64. The Morgan fingerprint density at radius 1 is 1.19 bits per heavy atom. The summed E-state index contributed by atoms with van der Waals surface area (Å²) in [4.78, 5) is 0. The topological polar surface area (TPSA) is 30.5 Å². The molecule has 0 saturated carbocycles. The van der Waals surface area contributed by atoms with Crippen LogP contribution in [0.5, 0.6) is 11.5 Å². The lowest BCUT2D eigenvalue weighted by atomic mass is 9.98. The van der Waals surface area contributed by atoms with Crippen molar-refractivity contribution >= 4 is 11.6 Å². The van der Waals surface area contributed by atoms with Crippen molar-refractivity contribution in [3.05, 3.63) is 22.7 Å². The van der Waals surface area contributed by atoms with Crippen LogP contribution in [0.15, 0.2) is 12.1 Å². The molecule has 0 aromatic heterocycles. The first-order valence-corrected chi connectivity index (χ1v) is 6.02. The first-order chi connectivity index (χ1) is 7.84. The van der Waals surface area contributed by atoms with E-state index in [2.05, 4.69) is 5.32 Å². The third-order valence-corrected chi connectivity index (χ3v) is 3.49. The van der Waals surface area contributed by atoms with E-state index in [1.54, 1.807) is 0 Å². The molecule has 86 valence electrons. The molecule has 1 saturated heterocycles. The Bertz CT molecular complexity index is 402. The van der Waals surface area contributed by atoms with Crippen molar-refractivity contribution in [2.45, 2.75) is 12.3 Å². The highest BCUT2D eigenvalue weighted by Gasteiger charge is 2.22. The van der Waals surface area contributed by atoms with E-state index in [1.165, 1.54) is 5.56 Å². The predicted octanol–water partition coefficient (Wildman–Crippen LogP) is 2.19. The number of nitrogens with one attached hydrogen (secondary N) is 1. The average molecular weight is 240 g/mol. The first kappa shape index (κ1) is 10.2. The number of fused-ring (bicyclic) bond motifs is 1. The lowest BCUT2D eigenvalue weighted by Gasteiger charge is -2.21. The Hall–Kier alpha value is -0.930. The number of halogens is 1. The molecule has 2 heterocycles. The van der Waals surface area contributed by atoms with E-state index in [4.69, 9.17) is 21.1 Å². The van der Waals surface area contributed by atoms with Crippen molar-refractivity contribution in [2.24, 2.45) is 0 Å². The molecule has 1 N–H and O–H groups in total. The maximum absolute atomic E-state index is 6.28. The van der Waals surface area contributed by atoms with Crippen molar-refractivity contribution < 1.29 is 9.47 Å². The number of benzene rings is 1. The number of hydrogen-bond acceptors (Lipinski definition) is 3. The molecule has 2 aliphatic heterocycles. The Balaban J connectivity index is 1.98. The summed E-state index contributed by atoms with van der Waals surface area (Å²) in [5.41, 5.74) is 1.18. The van der Waals surface area contributed by atoms with Crippen molar-refractivity contribution in [1.82, 2.24) is 5.32 Å². The minimum atomic E-state index is 0.503. The molecule has 0 amide bonds. The van der Waals surface area contributed by atoms with Gasteiger partial charge in [0.15, 0.2) is 11.5 Å². The van der Waals surface area contributed by atoms with E-state index in [9.17, 15) is 0 Å². The van der Waals surface area contributed by atoms with Gasteiger partial charge in [0.25, 0.3) is 0 Å². The third kappa shape index (κ3) is 1.74. The summed E-state index contributed by atoms with van der Waals surface area (Å²) in [5, 5.41) is 4.14. The van der Waals surface area contributed by atoms with E-state index >= 15 is 0 Å². The van der Waals surface area contributed by atoms with Crippen LogP contribution >= 0.6 is 11.6 Å². The van der Waals surface area contributed by atoms with Crippen LogP contribution in [0.2, 0.25) is 5.02 Å². The van der Waals surface area contributed by atoms with Crippen LogP contribution in [-0.4, -0.2) is 26.3 Å². The lowest BCUT2D eigenvalue weighted by molar-refractivity contribution is 0.171. The number of hydrogen-bond donors (Lipinski definition) is 1. The molecule has 3 rings (SSSR count). The minimum absolute atomic E-state index is 0.503. The second kappa shape index (κ2) is 4.15. The molecule has 1 aromatic rings. The summed E-state index contributed by atoms with van der Waals surface area (Å²) in [6, 6.07) is 3.91. The molecule has 1 aromatic carbocycles. The van der Waals surface area contributed by atoms with Crippen LogP contribution in [0.25, 0.3) is 0 Å². The predicted molar refractivity (Wildman–Crippen MR) is 62.7 cm³/mol. The van der Waals surface area contributed by atoms with E-state index in [0.29, 0.717) is 19.1 Å². The average Bonchev–Trinajstić information content (AvgIpc) is 2.81. The summed E-state index contributed by atoms with van der Waals surface area (Å²) >= 11 is 6.28. The van der Waals surface area contributed by atoms with Crippen LogP contribution in [0.3, 0.4) is 0 Å². The van der Waals surface area contributed by atoms with Gasteiger partial charge in [0.2, 0.25) is 0 Å². The summed E-state index contributed by atoms with van der Waals surface area (Å²) in [5.74, 6) is 2.10. The highest BCUT2D eigenvalue weighted by atomic mass is 35.5. The SMILES string of the molecule is Clc1cc2c(cc1C1CCNC1)OCCO2. The van der Waals surface area contributed by atoms with Crippen LogP contribution in [0.4, 0.5) is 0 Å². The molecule has 16 heavy (non-hydrogen) atoms. The molecular weight excluding hydrogens is 226 g/mol. The lowest BCUT2D eigenvalue weighted by Crippen LogP contribution is -2.16. The molecule has 0 aliphatic carbocycles. The van der Waals surface area contributed by atoms with Crippen LogP contribution in [0.1, 0.15) is 17.9 Å². The third-order valence-electron chi connectivity index (χ3n) is 3.16. The van der Waals surface area contributed by atoms with Gasteiger partial charge in [-0.1, -0.05) is 11.6 Å². The standard InChI is InChI=1S/C12H14ClNO2/c13-10-6-12-11(15-3-4-16-12)5-9(10)8-1-2-14-7-8/h5-6,8,14H,1-4,7H2.